The second kappa shape index (κ2) is 6.60. The van der Waals surface area contributed by atoms with Crippen molar-refractivity contribution in [2.24, 2.45) is 5.92 Å². The second-order valence-electron chi connectivity index (χ2n) is 5.80. The molecule has 2 aromatic rings. The van der Waals surface area contributed by atoms with Gasteiger partial charge in [-0.3, -0.25) is 4.79 Å². The van der Waals surface area contributed by atoms with Crippen molar-refractivity contribution in [2.45, 2.75) is 25.8 Å². The van der Waals surface area contributed by atoms with E-state index in [1.165, 1.54) is 0 Å². The van der Waals surface area contributed by atoms with Gasteiger partial charge in [0.05, 0.1) is 11.9 Å². The molecular formula is C18H21N3O. The molecular weight excluding hydrogens is 274 g/mol. The molecule has 1 aliphatic rings. The van der Waals surface area contributed by atoms with Crippen LogP contribution in [0.5, 0.6) is 0 Å². The van der Waals surface area contributed by atoms with Crippen LogP contribution < -0.4 is 0 Å². The molecule has 22 heavy (non-hydrogen) atoms. The van der Waals surface area contributed by atoms with E-state index in [2.05, 4.69) is 17.3 Å². The molecule has 1 aromatic heterocycles. The first-order chi connectivity index (χ1) is 10.7. The maximum atomic E-state index is 12.4. The molecule has 114 valence electrons. The zero-order valence-electron chi connectivity index (χ0n) is 12.9. The Labute approximate surface area is 131 Å². The van der Waals surface area contributed by atoms with Crippen LogP contribution in [0.2, 0.25) is 0 Å². The van der Waals surface area contributed by atoms with Crippen LogP contribution in [-0.4, -0.2) is 27.6 Å². The lowest BCUT2D eigenvalue weighted by Gasteiger charge is -2.24. The van der Waals surface area contributed by atoms with Gasteiger partial charge in [-0.25, -0.2) is 4.68 Å². The van der Waals surface area contributed by atoms with Gasteiger partial charge >= 0.3 is 0 Å². The second-order valence-corrected chi connectivity index (χ2v) is 5.80. The number of carbonyl (C=O) groups excluding carboxylic acids is 1. The summed E-state index contributed by atoms with van der Waals surface area (Å²) >= 11 is 0. The van der Waals surface area contributed by atoms with Gasteiger partial charge in [0.25, 0.3) is 0 Å². The van der Waals surface area contributed by atoms with Gasteiger partial charge in [-0.15, -0.1) is 0 Å². The van der Waals surface area contributed by atoms with Gasteiger partial charge < -0.3 is 4.90 Å². The van der Waals surface area contributed by atoms with E-state index in [-0.39, 0.29) is 11.8 Å². The Morgan fingerprint density at radius 1 is 1.32 bits per heavy atom. The molecule has 1 amide bonds. The van der Waals surface area contributed by atoms with Gasteiger partial charge in [0, 0.05) is 31.3 Å². The number of rotatable bonds is 4. The summed E-state index contributed by atoms with van der Waals surface area (Å²) in [4.78, 5) is 14.3. The fourth-order valence-corrected chi connectivity index (χ4v) is 2.85. The molecule has 1 atom stereocenters. The lowest BCUT2D eigenvalue weighted by molar-refractivity contribution is -0.135. The minimum atomic E-state index is 0.138. The Morgan fingerprint density at radius 3 is 2.86 bits per heavy atom. The van der Waals surface area contributed by atoms with E-state index in [4.69, 9.17) is 0 Å². The molecule has 4 nitrogen and oxygen atoms in total. The van der Waals surface area contributed by atoms with Crippen LogP contribution in [0, 0.1) is 5.92 Å². The third kappa shape index (κ3) is 3.27. The first-order valence-corrected chi connectivity index (χ1v) is 7.73. The van der Waals surface area contributed by atoms with Crippen molar-refractivity contribution in [3.8, 4) is 5.69 Å². The lowest BCUT2D eigenvalue weighted by atomic mass is 9.93. The average molecular weight is 295 g/mol. The molecule has 3 rings (SSSR count). The molecule has 1 heterocycles. The van der Waals surface area contributed by atoms with Gasteiger partial charge in [0.15, 0.2) is 0 Å². The molecule has 1 aliphatic carbocycles. The Bertz CT molecular complexity index is 660. The summed E-state index contributed by atoms with van der Waals surface area (Å²) < 4.78 is 1.84. The number of benzene rings is 1. The van der Waals surface area contributed by atoms with E-state index in [1.54, 1.807) is 0 Å². The van der Waals surface area contributed by atoms with Crippen LogP contribution in [0.4, 0.5) is 0 Å². The molecule has 0 fully saturated rings. The van der Waals surface area contributed by atoms with Crippen LogP contribution in [0.1, 0.15) is 24.8 Å². The third-order valence-electron chi connectivity index (χ3n) is 4.07. The van der Waals surface area contributed by atoms with Gasteiger partial charge in [0.2, 0.25) is 5.91 Å². The van der Waals surface area contributed by atoms with Gasteiger partial charge in [-0.1, -0.05) is 30.4 Å². The lowest BCUT2D eigenvalue weighted by Crippen LogP contribution is -2.32. The monoisotopic (exact) mass is 295 g/mol. The first kappa shape index (κ1) is 14.6. The van der Waals surface area contributed by atoms with Crippen molar-refractivity contribution in [3.63, 3.8) is 0 Å². The van der Waals surface area contributed by atoms with E-state index >= 15 is 0 Å². The minimum absolute atomic E-state index is 0.138. The molecule has 0 N–H and O–H groups in total. The van der Waals surface area contributed by atoms with E-state index in [9.17, 15) is 4.79 Å². The zero-order chi connectivity index (χ0) is 15.4. The van der Waals surface area contributed by atoms with Crippen LogP contribution in [0.3, 0.4) is 0 Å². The number of amides is 1. The maximum Gasteiger partial charge on any atom is 0.226 e. The number of nitrogens with zero attached hydrogens (tertiary/aromatic N) is 3. The highest BCUT2D eigenvalue weighted by Crippen LogP contribution is 2.21. The standard InChI is InChI=1S/C18H21N3O/c1-20(18(22)16-8-4-2-5-9-16)13-15-12-19-21(14-15)17-10-6-3-7-11-17/h2-4,6-7,10-12,14,16H,5,8-9,13H2,1H3. The van der Waals surface area contributed by atoms with E-state index < -0.39 is 0 Å². The zero-order valence-corrected chi connectivity index (χ0v) is 12.9. The summed E-state index contributed by atoms with van der Waals surface area (Å²) in [6, 6.07) is 9.99. The fourth-order valence-electron chi connectivity index (χ4n) is 2.85. The summed E-state index contributed by atoms with van der Waals surface area (Å²) in [7, 11) is 1.88. The number of para-hydroxylation sites is 1. The SMILES string of the molecule is CN(Cc1cnn(-c2ccccc2)c1)C(=O)C1CC=CCC1. The largest absolute Gasteiger partial charge is 0.341 e. The van der Waals surface area contributed by atoms with Crippen LogP contribution in [0.15, 0.2) is 54.9 Å². The van der Waals surface area contributed by atoms with Crippen molar-refractivity contribution in [2.75, 3.05) is 7.05 Å². The van der Waals surface area contributed by atoms with Crippen molar-refractivity contribution < 1.29 is 4.79 Å². The van der Waals surface area contributed by atoms with Crippen molar-refractivity contribution in [3.05, 3.63) is 60.4 Å². The number of hydrogen-bond acceptors (Lipinski definition) is 2. The maximum absolute atomic E-state index is 12.4. The van der Waals surface area contributed by atoms with E-state index in [0.29, 0.717) is 6.54 Å². The van der Waals surface area contributed by atoms with Crippen molar-refractivity contribution in [1.29, 1.82) is 0 Å². The quantitative estimate of drug-likeness (QED) is 0.813. The smallest absolute Gasteiger partial charge is 0.226 e. The summed E-state index contributed by atoms with van der Waals surface area (Å²) in [6.07, 6.45) is 10.9. The summed E-state index contributed by atoms with van der Waals surface area (Å²) in [5.74, 6) is 0.371. The highest BCUT2D eigenvalue weighted by molar-refractivity contribution is 5.78. The molecule has 0 spiro atoms. The van der Waals surface area contributed by atoms with Crippen LogP contribution in [0.25, 0.3) is 5.69 Å². The highest BCUT2D eigenvalue weighted by atomic mass is 16.2. The van der Waals surface area contributed by atoms with E-state index in [0.717, 1.165) is 30.5 Å². The Balaban J connectivity index is 1.64. The van der Waals surface area contributed by atoms with Crippen molar-refractivity contribution >= 4 is 5.91 Å². The van der Waals surface area contributed by atoms with E-state index in [1.807, 2.05) is 59.4 Å². The van der Waals surface area contributed by atoms with Crippen molar-refractivity contribution in [1.82, 2.24) is 14.7 Å². The van der Waals surface area contributed by atoms with Gasteiger partial charge in [-0.05, 0) is 31.4 Å². The van der Waals surface area contributed by atoms with Gasteiger partial charge in [0.1, 0.15) is 0 Å². The average Bonchev–Trinajstić information content (AvgIpc) is 3.04. The number of aromatic nitrogens is 2. The minimum Gasteiger partial charge on any atom is -0.341 e. The normalized spacial score (nSPS) is 17.4. The number of hydrogen-bond donors (Lipinski definition) is 0. The number of allylic oxidation sites excluding steroid dienone is 2. The molecule has 0 aliphatic heterocycles. The summed E-state index contributed by atoms with van der Waals surface area (Å²) in [5, 5.41) is 4.38. The predicted octanol–water partition coefficient (Wildman–Crippen LogP) is 3.19. The molecule has 0 saturated carbocycles. The topological polar surface area (TPSA) is 38.1 Å². The highest BCUT2D eigenvalue weighted by Gasteiger charge is 2.22. The number of carbonyl (C=O) groups is 1. The molecule has 0 saturated heterocycles. The van der Waals surface area contributed by atoms with Gasteiger partial charge in [-0.2, -0.15) is 5.10 Å². The molecule has 0 bridgehead atoms. The molecule has 1 unspecified atom stereocenters. The summed E-state index contributed by atoms with van der Waals surface area (Å²) in [5.41, 5.74) is 2.08. The van der Waals surface area contributed by atoms with Crippen LogP contribution in [-0.2, 0) is 11.3 Å². The Hall–Kier alpha value is -2.36. The van der Waals surface area contributed by atoms with Crippen LogP contribution >= 0.6 is 0 Å². The summed E-state index contributed by atoms with van der Waals surface area (Å²) in [6.45, 7) is 0.603. The molecule has 1 aromatic carbocycles. The Morgan fingerprint density at radius 2 is 2.14 bits per heavy atom. The molecule has 4 heteroatoms. The molecule has 0 radical (unpaired) electrons. The fraction of sp³-hybridized carbons (Fsp3) is 0.333. The Kier molecular flexibility index (Phi) is 4.37. The third-order valence-corrected chi connectivity index (χ3v) is 4.07. The predicted molar refractivity (Wildman–Crippen MR) is 86.5 cm³/mol. The first-order valence-electron chi connectivity index (χ1n) is 7.73.